The van der Waals surface area contributed by atoms with Crippen molar-refractivity contribution in [1.29, 1.82) is 0 Å². The topological polar surface area (TPSA) is 29.5 Å². The third-order valence-electron chi connectivity index (χ3n) is 1.52. The minimum Gasteiger partial charge on any atom is -0.367 e. The van der Waals surface area contributed by atoms with E-state index in [1.807, 2.05) is 0 Å². The zero-order chi connectivity index (χ0) is 6.85. The molecule has 0 aliphatic carbocycles. The number of morpholine rings is 1. The number of hydrogen-bond acceptors (Lipinski definition) is 2. The van der Waals surface area contributed by atoms with Crippen LogP contribution >= 0.6 is 0 Å². The van der Waals surface area contributed by atoms with E-state index < -0.39 is 0 Å². The number of nitrogens with zero attached hydrogens (tertiary/aromatic N) is 1. The fourth-order valence-electron chi connectivity index (χ4n) is 0.858. The zero-order valence-corrected chi connectivity index (χ0v) is 5.76. The molecule has 3 heteroatoms. The van der Waals surface area contributed by atoms with Crippen molar-refractivity contribution in [1.82, 2.24) is 4.90 Å². The first kappa shape index (κ1) is 6.55. The molecule has 1 aliphatic heterocycles. The lowest BCUT2D eigenvalue weighted by Crippen LogP contribution is -2.43. The standard InChI is InChI=1S/C6H11NO2/c1-5-6(8)7(2)3-4-9-5/h5H,3-4H2,1-2H3/t5-/m1/s1. The van der Waals surface area contributed by atoms with Gasteiger partial charge in [-0.25, -0.2) is 0 Å². The quantitative estimate of drug-likeness (QED) is 0.455. The highest BCUT2D eigenvalue weighted by Crippen LogP contribution is 2.02. The average molecular weight is 129 g/mol. The molecule has 1 aliphatic rings. The van der Waals surface area contributed by atoms with E-state index >= 15 is 0 Å². The molecule has 0 radical (unpaired) electrons. The van der Waals surface area contributed by atoms with Gasteiger partial charge in [-0.05, 0) is 6.92 Å². The van der Waals surface area contributed by atoms with Crippen LogP contribution in [0.25, 0.3) is 0 Å². The Balaban J connectivity index is 2.52. The smallest absolute Gasteiger partial charge is 0.251 e. The summed E-state index contributed by atoms with van der Waals surface area (Å²) in [7, 11) is 1.79. The second-order valence-electron chi connectivity index (χ2n) is 2.27. The highest BCUT2D eigenvalue weighted by atomic mass is 16.5. The van der Waals surface area contributed by atoms with Crippen LogP contribution in [0.1, 0.15) is 6.92 Å². The van der Waals surface area contributed by atoms with Crippen molar-refractivity contribution in [3.63, 3.8) is 0 Å². The monoisotopic (exact) mass is 129 g/mol. The Morgan fingerprint density at radius 2 is 2.44 bits per heavy atom. The van der Waals surface area contributed by atoms with Crippen molar-refractivity contribution in [3.05, 3.63) is 0 Å². The lowest BCUT2D eigenvalue weighted by molar-refractivity contribution is -0.149. The van der Waals surface area contributed by atoms with Crippen LogP contribution < -0.4 is 0 Å². The molecule has 0 aromatic carbocycles. The van der Waals surface area contributed by atoms with E-state index in [9.17, 15) is 4.79 Å². The van der Waals surface area contributed by atoms with E-state index in [1.165, 1.54) is 0 Å². The molecule has 1 heterocycles. The maximum Gasteiger partial charge on any atom is 0.251 e. The van der Waals surface area contributed by atoms with E-state index in [2.05, 4.69) is 0 Å². The van der Waals surface area contributed by atoms with E-state index in [-0.39, 0.29) is 12.0 Å². The summed E-state index contributed by atoms with van der Waals surface area (Å²) in [4.78, 5) is 12.6. The van der Waals surface area contributed by atoms with Crippen LogP contribution in [0.4, 0.5) is 0 Å². The SMILES string of the molecule is C[C@H]1OCCN(C)C1=O. The summed E-state index contributed by atoms with van der Waals surface area (Å²) >= 11 is 0. The summed E-state index contributed by atoms with van der Waals surface area (Å²) < 4.78 is 5.07. The number of rotatable bonds is 0. The predicted molar refractivity (Wildman–Crippen MR) is 33.1 cm³/mol. The molecule has 1 atom stereocenters. The van der Waals surface area contributed by atoms with Crippen molar-refractivity contribution in [2.24, 2.45) is 0 Å². The molecule has 1 rings (SSSR count). The molecular weight excluding hydrogens is 118 g/mol. The summed E-state index contributed by atoms with van der Waals surface area (Å²) in [5, 5.41) is 0. The Bertz CT molecular complexity index is 112. The van der Waals surface area contributed by atoms with Crippen molar-refractivity contribution < 1.29 is 9.53 Å². The van der Waals surface area contributed by atoms with Gasteiger partial charge in [0.25, 0.3) is 5.91 Å². The van der Waals surface area contributed by atoms with Crippen molar-refractivity contribution in [2.45, 2.75) is 13.0 Å². The lowest BCUT2D eigenvalue weighted by Gasteiger charge is -2.26. The first-order valence-electron chi connectivity index (χ1n) is 3.08. The Morgan fingerprint density at radius 1 is 1.78 bits per heavy atom. The van der Waals surface area contributed by atoms with Crippen LogP contribution in [0, 0.1) is 0 Å². The number of carbonyl (C=O) groups excluding carboxylic acids is 1. The van der Waals surface area contributed by atoms with Crippen LogP contribution in [0.5, 0.6) is 0 Å². The first-order valence-corrected chi connectivity index (χ1v) is 3.08. The predicted octanol–water partition coefficient (Wildman–Crippen LogP) is -0.137. The minimum atomic E-state index is -0.233. The molecule has 1 amide bonds. The Hall–Kier alpha value is -0.570. The van der Waals surface area contributed by atoms with Gasteiger partial charge in [0.15, 0.2) is 0 Å². The molecule has 0 unspecified atom stereocenters. The molecule has 0 saturated carbocycles. The summed E-state index contributed by atoms with van der Waals surface area (Å²) in [6.45, 7) is 3.17. The number of likely N-dealkylation sites (N-methyl/N-ethyl adjacent to an activating group) is 1. The molecule has 0 spiro atoms. The van der Waals surface area contributed by atoms with Crippen LogP contribution in [-0.4, -0.2) is 37.1 Å². The van der Waals surface area contributed by atoms with Crippen LogP contribution in [0.15, 0.2) is 0 Å². The number of ether oxygens (including phenoxy) is 1. The Morgan fingerprint density at radius 3 is 2.89 bits per heavy atom. The van der Waals surface area contributed by atoms with Crippen LogP contribution in [0.3, 0.4) is 0 Å². The van der Waals surface area contributed by atoms with E-state index in [1.54, 1.807) is 18.9 Å². The number of carbonyl (C=O) groups is 1. The minimum absolute atomic E-state index is 0.0845. The summed E-state index contributed by atoms with van der Waals surface area (Å²) in [6.07, 6.45) is -0.233. The van der Waals surface area contributed by atoms with Gasteiger partial charge in [0.05, 0.1) is 6.61 Å². The highest BCUT2D eigenvalue weighted by Gasteiger charge is 2.21. The van der Waals surface area contributed by atoms with Crippen molar-refractivity contribution >= 4 is 5.91 Å². The maximum absolute atomic E-state index is 10.9. The Labute approximate surface area is 54.6 Å². The fourth-order valence-corrected chi connectivity index (χ4v) is 0.858. The van der Waals surface area contributed by atoms with Gasteiger partial charge in [-0.2, -0.15) is 0 Å². The molecule has 0 bridgehead atoms. The van der Waals surface area contributed by atoms with Gasteiger partial charge in [0.2, 0.25) is 0 Å². The summed E-state index contributed by atoms with van der Waals surface area (Å²) in [5.41, 5.74) is 0. The molecule has 0 aromatic heterocycles. The van der Waals surface area contributed by atoms with Gasteiger partial charge < -0.3 is 9.64 Å². The average Bonchev–Trinajstić information content (AvgIpc) is 1.83. The number of amides is 1. The summed E-state index contributed by atoms with van der Waals surface area (Å²) in [6, 6.07) is 0. The third-order valence-corrected chi connectivity index (χ3v) is 1.52. The second kappa shape index (κ2) is 2.35. The maximum atomic E-state index is 10.9. The largest absolute Gasteiger partial charge is 0.367 e. The van der Waals surface area contributed by atoms with Gasteiger partial charge in [0.1, 0.15) is 6.10 Å². The molecule has 3 nitrogen and oxygen atoms in total. The third kappa shape index (κ3) is 1.21. The zero-order valence-electron chi connectivity index (χ0n) is 5.76. The Kier molecular flexibility index (Phi) is 1.71. The lowest BCUT2D eigenvalue weighted by atomic mass is 10.3. The molecule has 1 saturated heterocycles. The molecule has 0 aromatic rings. The van der Waals surface area contributed by atoms with E-state index in [0.717, 1.165) is 6.54 Å². The summed E-state index contributed by atoms with van der Waals surface area (Å²) in [5.74, 6) is 0.0845. The van der Waals surface area contributed by atoms with E-state index in [4.69, 9.17) is 4.74 Å². The van der Waals surface area contributed by atoms with Crippen LogP contribution in [-0.2, 0) is 9.53 Å². The van der Waals surface area contributed by atoms with Gasteiger partial charge in [-0.15, -0.1) is 0 Å². The number of hydrogen-bond donors (Lipinski definition) is 0. The molecule has 0 N–H and O–H groups in total. The van der Waals surface area contributed by atoms with Gasteiger partial charge in [0, 0.05) is 13.6 Å². The van der Waals surface area contributed by atoms with Gasteiger partial charge in [-0.3, -0.25) is 4.79 Å². The molecule has 9 heavy (non-hydrogen) atoms. The van der Waals surface area contributed by atoms with Gasteiger partial charge in [-0.1, -0.05) is 0 Å². The van der Waals surface area contributed by atoms with Gasteiger partial charge >= 0.3 is 0 Å². The fraction of sp³-hybridized carbons (Fsp3) is 0.833. The van der Waals surface area contributed by atoms with Crippen molar-refractivity contribution in [3.8, 4) is 0 Å². The molecule has 52 valence electrons. The second-order valence-corrected chi connectivity index (χ2v) is 2.27. The van der Waals surface area contributed by atoms with Crippen LogP contribution in [0.2, 0.25) is 0 Å². The van der Waals surface area contributed by atoms with Crippen molar-refractivity contribution in [2.75, 3.05) is 20.2 Å². The first-order chi connectivity index (χ1) is 4.22. The molecular formula is C6H11NO2. The normalized spacial score (nSPS) is 28.9. The van der Waals surface area contributed by atoms with E-state index in [0.29, 0.717) is 6.61 Å². The highest BCUT2D eigenvalue weighted by molar-refractivity contribution is 5.80. The molecule has 1 fully saturated rings.